The van der Waals surface area contributed by atoms with Crippen LogP contribution in [-0.2, 0) is 16.5 Å². The van der Waals surface area contributed by atoms with E-state index in [-0.39, 0.29) is 5.69 Å². The molecule has 6 nitrogen and oxygen atoms in total. The second-order valence-electron chi connectivity index (χ2n) is 7.11. The van der Waals surface area contributed by atoms with Crippen molar-refractivity contribution in [3.05, 3.63) is 65.2 Å². The molecule has 30 heavy (non-hydrogen) atoms. The Labute approximate surface area is 170 Å². The van der Waals surface area contributed by atoms with Gasteiger partial charge in [0.15, 0.2) is 5.54 Å². The molecule has 3 amide bonds. The molecule has 0 bridgehead atoms. The third kappa shape index (κ3) is 3.09. The number of aliphatic hydroxyl groups is 1. The van der Waals surface area contributed by atoms with Gasteiger partial charge in [0.2, 0.25) is 0 Å². The number of anilines is 1. The largest absolute Gasteiger partial charge is 0.417 e. The summed E-state index contributed by atoms with van der Waals surface area (Å²) in [6, 6.07) is 10.8. The van der Waals surface area contributed by atoms with Gasteiger partial charge in [-0.05, 0) is 37.6 Å². The lowest BCUT2D eigenvalue weighted by Gasteiger charge is -2.36. The summed E-state index contributed by atoms with van der Waals surface area (Å²) in [5.41, 5.74) is -3.64. The topological polar surface area (TPSA) is 84.6 Å². The highest BCUT2D eigenvalue weighted by Crippen LogP contribution is 2.42. The third-order valence-corrected chi connectivity index (χ3v) is 5.05. The molecular weight excluding hydrogens is 399 g/mol. The summed E-state index contributed by atoms with van der Waals surface area (Å²) in [5.74, 6) is -0.868. The van der Waals surface area contributed by atoms with Crippen molar-refractivity contribution in [1.82, 2.24) is 4.90 Å². The van der Waals surface area contributed by atoms with Crippen LogP contribution < -0.4 is 4.90 Å². The number of rotatable bonds is 4. The minimum atomic E-state index is -4.85. The fourth-order valence-corrected chi connectivity index (χ4v) is 3.75. The van der Waals surface area contributed by atoms with E-state index in [0.717, 1.165) is 17.0 Å². The molecule has 9 heteroatoms. The molecule has 2 aromatic carbocycles. The molecule has 3 rings (SSSR count). The van der Waals surface area contributed by atoms with Crippen LogP contribution in [0.25, 0.3) is 0 Å². The highest BCUT2D eigenvalue weighted by Gasteiger charge is 2.59. The van der Waals surface area contributed by atoms with Gasteiger partial charge in [0.1, 0.15) is 0 Å². The van der Waals surface area contributed by atoms with Crippen LogP contribution in [0.3, 0.4) is 0 Å². The predicted octanol–water partition coefficient (Wildman–Crippen LogP) is 3.64. The Morgan fingerprint density at radius 1 is 1.13 bits per heavy atom. The molecule has 1 atom stereocenters. The van der Waals surface area contributed by atoms with Crippen molar-refractivity contribution in [3.63, 3.8) is 0 Å². The van der Waals surface area contributed by atoms with E-state index in [4.69, 9.17) is 5.26 Å². The number of aliphatic hydroxyl groups excluding tert-OH is 1. The first-order valence-corrected chi connectivity index (χ1v) is 9.05. The second-order valence-corrected chi connectivity index (χ2v) is 7.11. The van der Waals surface area contributed by atoms with Crippen LogP contribution in [0.15, 0.2) is 48.5 Å². The zero-order chi connectivity index (χ0) is 22.3. The number of carbonyl (C=O) groups excluding carboxylic acids is 2. The maximum absolute atomic E-state index is 13.5. The molecule has 1 aliphatic heterocycles. The molecule has 0 aliphatic carbocycles. The average molecular weight is 417 g/mol. The monoisotopic (exact) mass is 417 g/mol. The van der Waals surface area contributed by atoms with Crippen LogP contribution in [0.2, 0.25) is 0 Å². The van der Waals surface area contributed by atoms with Gasteiger partial charge in [0, 0.05) is 6.04 Å². The summed E-state index contributed by atoms with van der Waals surface area (Å²) in [7, 11) is 0. The number of hydrogen-bond acceptors (Lipinski definition) is 4. The SMILES string of the molecule is CC(C)N1C(=O)N(c2ccc(C#N)c(C(F)(F)F)c2)C(=O)C1(CO)c1ccccc1. The Morgan fingerprint density at radius 3 is 2.27 bits per heavy atom. The molecule has 1 N–H and O–H groups in total. The van der Waals surface area contributed by atoms with Crippen LogP contribution in [0.1, 0.15) is 30.5 Å². The first kappa shape index (κ1) is 21.3. The Hall–Kier alpha value is -3.38. The highest BCUT2D eigenvalue weighted by atomic mass is 19.4. The van der Waals surface area contributed by atoms with Crippen molar-refractivity contribution in [2.75, 3.05) is 11.5 Å². The second kappa shape index (κ2) is 7.46. The van der Waals surface area contributed by atoms with E-state index in [1.807, 2.05) is 0 Å². The normalized spacial score (nSPS) is 19.5. The van der Waals surface area contributed by atoms with E-state index < -0.39 is 47.4 Å². The summed E-state index contributed by atoms with van der Waals surface area (Å²) < 4.78 is 40.2. The molecule has 156 valence electrons. The fraction of sp³-hybridized carbons (Fsp3) is 0.286. The van der Waals surface area contributed by atoms with Crippen LogP contribution in [0.5, 0.6) is 0 Å². The molecular formula is C21H18F3N3O3. The van der Waals surface area contributed by atoms with Gasteiger partial charge in [0.25, 0.3) is 5.91 Å². The van der Waals surface area contributed by atoms with Crippen molar-refractivity contribution in [2.24, 2.45) is 0 Å². The Bertz CT molecular complexity index is 1030. The van der Waals surface area contributed by atoms with Gasteiger partial charge in [-0.3, -0.25) is 4.79 Å². The number of benzene rings is 2. The number of amides is 3. The van der Waals surface area contributed by atoms with E-state index in [1.54, 1.807) is 44.2 Å². The van der Waals surface area contributed by atoms with Crippen LogP contribution in [0.4, 0.5) is 23.7 Å². The molecule has 1 fully saturated rings. The molecule has 1 aliphatic rings. The van der Waals surface area contributed by atoms with E-state index in [1.165, 1.54) is 6.07 Å². The lowest BCUT2D eigenvalue weighted by atomic mass is 9.88. The quantitative estimate of drug-likeness (QED) is 0.770. The number of hydrogen-bond donors (Lipinski definition) is 1. The summed E-state index contributed by atoms with van der Waals surface area (Å²) in [6.07, 6.45) is -4.85. The van der Waals surface area contributed by atoms with Gasteiger partial charge in [-0.2, -0.15) is 18.4 Å². The zero-order valence-corrected chi connectivity index (χ0v) is 16.1. The van der Waals surface area contributed by atoms with Crippen molar-refractivity contribution in [3.8, 4) is 6.07 Å². The van der Waals surface area contributed by atoms with Gasteiger partial charge in [0.05, 0.1) is 29.5 Å². The minimum absolute atomic E-state index is 0.326. The van der Waals surface area contributed by atoms with Crippen molar-refractivity contribution in [2.45, 2.75) is 31.6 Å². The first-order valence-electron chi connectivity index (χ1n) is 9.05. The Morgan fingerprint density at radius 2 is 1.77 bits per heavy atom. The molecule has 2 aromatic rings. The van der Waals surface area contributed by atoms with Crippen LogP contribution >= 0.6 is 0 Å². The van der Waals surface area contributed by atoms with Gasteiger partial charge < -0.3 is 10.0 Å². The molecule has 0 saturated carbocycles. The average Bonchev–Trinajstić information content (AvgIpc) is 2.94. The predicted molar refractivity (Wildman–Crippen MR) is 101 cm³/mol. The zero-order valence-electron chi connectivity index (χ0n) is 16.1. The molecule has 1 heterocycles. The van der Waals surface area contributed by atoms with Crippen LogP contribution in [0, 0.1) is 11.3 Å². The Balaban J connectivity index is 2.23. The van der Waals surface area contributed by atoms with Crippen molar-refractivity contribution < 1.29 is 27.9 Å². The molecule has 0 radical (unpaired) electrons. The van der Waals surface area contributed by atoms with Crippen molar-refractivity contribution >= 4 is 17.6 Å². The number of alkyl halides is 3. The fourth-order valence-electron chi connectivity index (χ4n) is 3.75. The summed E-state index contributed by atoms with van der Waals surface area (Å²) >= 11 is 0. The van der Waals surface area contributed by atoms with E-state index in [2.05, 4.69) is 0 Å². The van der Waals surface area contributed by atoms with Crippen molar-refractivity contribution in [1.29, 1.82) is 5.26 Å². The summed E-state index contributed by atoms with van der Waals surface area (Å²) in [5, 5.41) is 19.2. The smallest absolute Gasteiger partial charge is 0.393 e. The first-order chi connectivity index (χ1) is 14.1. The summed E-state index contributed by atoms with van der Waals surface area (Å²) in [6.45, 7) is 2.53. The number of urea groups is 1. The molecule has 1 saturated heterocycles. The maximum atomic E-state index is 13.5. The maximum Gasteiger partial charge on any atom is 0.417 e. The molecule has 0 aromatic heterocycles. The molecule has 0 spiro atoms. The van der Waals surface area contributed by atoms with Gasteiger partial charge in [-0.15, -0.1) is 0 Å². The Kier molecular flexibility index (Phi) is 5.31. The number of imide groups is 1. The van der Waals surface area contributed by atoms with E-state index in [0.29, 0.717) is 16.5 Å². The lowest BCUT2D eigenvalue weighted by molar-refractivity contribution is -0.137. The lowest BCUT2D eigenvalue weighted by Crippen LogP contribution is -2.52. The standard InChI is InChI=1S/C21H18F3N3O3/c1-13(2)27-19(30)26(16-9-8-14(11-25)17(10-16)21(22,23)24)18(29)20(27,12-28)15-6-4-3-5-7-15/h3-10,13,28H,12H2,1-2H3. The van der Waals surface area contributed by atoms with Gasteiger partial charge >= 0.3 is 12.2 Å². The highest BCUT2D eigenvalue weighted by molar-refractivity contribution is 6.23. The van der Waals surface area contributed by atoms with Gasteiger partial charge in [-0.25, -0.2) is 9.69 Å². The van der Waals surface area contributed by atoms with Crippen LogP contribution in [-0.4, -0.2) is 34.6 Å². The number of carbonyl (C=O) groups is 2. The number of nitriles is 1. The molecule has 1 unspecified atom stereocenters. The number of nitrogens with zero attached hydrogens (tertiary/aromatic N) is 3. The third-order valence-electron chi connectivity index (χ3n) is 5.05. The van der Waals surface area contributed by atoms with E-state index in [9.17, 15) is 27.9 Å². The summed E-state index contributed by atoms with van der Waals surface area (Å²) in [4.78, 5) is 28.4. The van der Waals surface area contributed by atoms with E-state index >= 15 is 0 Å². The minimum Gasteiger partial charge on any atom is -0.393 e. The van der Waals surface area contributed by atoms with Gasteiger partial charge in [-0.1, -0.05) is 30.3 Å². The number of halogens is 3.